The van der Waals surface area contributed by atoms with E-state index < -0.39 is 72.1 Å². The van der Waals surface area contributed by atoms with Crippen molar-refractivity contribution in [3.8, 4) is 0 Å². The zero-order valence-electron chi connectivity index (χ0n) is 35.3. The maximum Gasteiger partial charge on any atom is 0.410 e. The van der Waals surface area contributed by atoms with Gasteiger partial charge in [-0.3, -0.25) is 0 Å². The minimum Gasteiger partial charge on any atom is -0.456 e. The number of methoxy groups -OCH3 is 1. The van der Waals surface area contributed by atoms with Crippen LogP contribution in [0.4, 0.5) is 4.79 Å². The van der Waals surface area contributed by atoms with Gasteiger partial charge in [-0.2, -0.15) is 0 Å². The average Bonchev–Trinajstić information content (AvgIpc) is 3.11. The number of hydrogen-bond acceptors (Lipinski definition) is 13. The smallest absolute Gasteiger partial charge is 0.410 e. The third-order valence-corrected chi connectivity index (χ3v) is 9.99. The van der Waals surface area contributed by atoms with Crippen LogP contribution >= 0.6 is 0 Å². The maximum absolute atomic E-state index is 13.6. The number of carbonyl (C=O) groups is 3. The molecule has 0 aliphatic carbocycles. The van der Waals surface area contributed by atoms with E-state index in [2.05, 4.69) is 10.0 Å². The van der Waals surface area contributed by atoms with Crippen LogP contribution in [0.1, 0.15) is 92.4 Å². The van der Waals surface area contributed by atoms with Crippen LogP contribution in [-0.2, 0) is 38.0 Å². The van der Waals surface area contributed by atoms with Gasteiger partial charge in [-0.1, -0.05) is 37.2 Å². The van der Waals surface area contributed by atoms with Gasteiger partial charge in [-0.25, -0.2) is 14.4 Å². The van der Waals surface area contributed by atoms with Gasteiger partial charge < -0.3 is 48.1 Å². The summed E-state index contributed by atoms with van der Waals surface area (Å²) in [4.78, 5) is 46.4. The highest BCUT2D eigenvalue weighted by molar-refractivity contribution is 5.90. The van der Waals surface area contributed by atoms with E-state index in [1.54, 1.807) is 72.9 Å². The lowest BCUT2D eigenvalue weighted by molar-refractivity contribution is -0.298. The topological polar surface area (TPSA) is 191 Å². The van der Waals surface area contributed by atoms with Crippen molar-refractivity contribution >= 4 is 18.0 Å². The Balaban J connectivity index is 2.12. The Morgan fingerprint density at radius 2 is 1.77 bits per heavy atom. The summed E-state index contributed by atoms with van der Waals surface area (Å²) in [5.41, 5.74) is 7.62. The fourth-order valence-electron chi connectivity index (χ4n) is 7.29. The van der Waals surface area contributed by atoms with E-state index in [4.69, 9.17) is 38.7 Å². The molecule has 3 rings (SSSR count). The lowest BCUT2D eigenvalue weighted by atomic mass is 9.80. The van der Waals surface area contributed by atoms with Crippen LogP contribution in [0.2, 0.25) is 0 Å². The third-order valence-electron chi connectivity index (χ3n) is 9.99. The molecular weight excluding hydrogens is 726 g/mol. The Morgan fingerprint density at radius 3 is 2.32 bits per heavy atom. The largest absolute Gasteiger partial charge is 0.456 e. The molecule has 1 amide bonds. The molecule has 2 aliphatic heterocycles. The summed E-state index contributed by atoms with van der Waals surface area (Å²) < 4.78 is 43.6. The SMILES string of the molecule is CO[C@](C)(C[C@@H](C)CN(C(=O)OC(C)(C)C)[C@@H](CO)CN=[N+]=[N-])[C@H](O[C@@H]1O[C@H](C)C[C@H](N(C)C)[C@H]1OC(=O)c1ccccc1)[C@@H](C)C1=C(C)C(=O)OC(C)(C)O1. The first kappa shape index (κ1) is 46.5. The molecule has 2 heterocycles. The molecule has 16 nitrogen and oxygen atoms in total. The Bertz CT molecular complexity index is 1580. The normalized spacial score (nSPS) is 24.4. The van der Waals surface area contributed by atoms with Crippen LogP contribution in [0.3, 0.4) is 0 Å². The highest BCUT2D eigenvalue weighted by Crippen LogP contribution is 2.41. The third kappa shape index (κ3) is 12.3. The number of esters is 2. The molecule has 16 heteroatoms. The summed E-state index contributed by atoms with van der Waals surface area (Å²) in [6.45, 7) is 17.1. The summed E-state index contributed by atoms with van der Waals surface area (Å²) in [5.74, 6) is -3.03. The predicted molar refractivity (Wildman–Crippen MR) is 207 cm³/mol. The molecule has 0 radical (unpaired) electrons. The van der Waals surface area contributed by atoms with Gasteiger partial charge in [0.1, 0.15) is 11.4 Å². The zero-order chi connectivity index (χ0) is 42.2. The van der Waals surface area contributed by atoms with Crippen LogP contribution < -0.4 is 0 Å². The highest BCUT2D eigenvalue weighted by Gasteiger charge is 2.51. The summed E-state index contributed by atoms with van der Waals surface area (Å²) in [6.07, 6.45) is -3.08. The van der Waals surface area contributed by atoms with Gasteiger partial charge in [-0.15, -0.1) is 0 Å². The van der Waals surface area contributed by atoms with Gasteiger partial charge in [0.25, 0.3) is 0 Å². The molecule has 0 saturated carbocycles. The number of aliphatic hydroxyl groups is 1. The quantitative estimate of drug-likeness (QED) is 0.0617. The minimum atomic E-state index is -1.28. The Morgan fingerprint density at radius 1 is 1.12 bits per heavy atom. The number of ether oxygens (including phenoxy) is 7. The van der Waals surface area contributed by atoms with Gasteiger partial charge in [0.15, 0.2) is 12.4 Å². The number of nitrogens with zero attached hydrogens (tertiary/aromatic N) is 5. The van der Waals surface area contributed by atoms with Crippen molar-refractivity contribution in [1.82, 2.24) is 9.80 Å². The van der Waals surface area contributed by atoms with Crippen molar-refractivity contribution in [1.29, 1.82) is 0 Å². The summed E-state index contributed by atoms with van der Waals surface area (Å²) >= 11 is 0. The highest BCUT2D eigenvalue weighted by atomic mass is 16.7. The molecule has 0 spiro atoms. The first-order valence-electron chi connectivity index (χ1n) is 19.1. The summed E-state index contributed by atoms with van der Waals surface area (Å²) in [6, 6.07) is 7.52. The number of azide groups is 1. The number of rotatable bonds is 17. The Hall–Kier alpha value is -3.92. The van der Waals surface area contributed by atoms with Crippen LogP contribution in [-0.4, -0.2) is 128 Å². The number of likely N-dealkylation sites (N-methyl/N-ethyl adjacent to an activating group) is 1. The molecule has 56 heavy (non-hydrogen) atoms. The number of cyclic esters (lactones) is 1. The molecule has 9 atom stereocenters. The van der Waals surface area contributed by atoms with Crippen molar-refractivity contribution in [2.24, 2.45) is 17.0 Å². The molecule has 0 unspecified atom stereocenters. The first-order valence-corrected chi connectivity index (χ1v) is 19.1. The molecule has 314 valence electrons. The van der Waals surface area contributed by atoms with E-state index in [0.29, 0.717) is 17.7 Å². The Labute approximate surface area is 331 Å². The van der Waals surface area contributed by atoms with Crippen molar-refractivity contribution in [2.45, 2.75) is 136 Å². The van der Waals surface area contributed by atoms with Crippen LogP contribution in [0.15, 0.2) is 46.8 Å². The molecular formula is C40H63N5O11. The molecule has 2 aliphatic rings. The number of carbonyl (C=O) groups excluding carboxylic acids is 3. The molecule has 0 bridgehead atoms. The van der Waals surface area contributed by atoms with Crippen molar-refractivity contribution in [3.63, 3.8) is 0 Å². The number of benzene rings is 1. The number of amides is 1. The Kier molecular flexibility index (Phi) is 16.2. The molecule has 0 aromatic heterocycles. The number of hydrogen-bond donors (Lipinski definition) is 1. The van der Waals surface area contributed by atoms with E-state index in [1.807, 2.05) is 52.8 Å². The lowest BCUT2D eigenvalue weighted by Crippen LogP contribution is -2.60. The van der Waals surface area contributed by atoms with E-state index in [9.17, 15) is 19.5 Å². The second-order valence-corrected chi connectivity index (χ2v) is 16.8. The summed E-state index contributed by atoms with van der Waals surface area (Å²) in [7, 11) is 5.35. The molecule has 1 aromatic rings. The minimum absolute atomic E-state index is 0.0791. The fraction of sp³-hybridized carbons (Fsp3) is 0.725. The number of aliphatic hydroxyl groups excluding tert-OH is 1. The standard InChI is InChI=1S/C40H63N5O11/c1-24(22-45(29(23-46)21-42-43-41)37(49)56-38(5,6)7)20-40(10,50-13)33(26(3)31-27(4)34(47)55-39(8,9)54-31)53-36-32(30(44(11)12)19-25(2)51-36)52-35(48)28-17-15-14-16-18-28/h14-18,24-26,29-30,32-33,36,46H,19-23H2,1-13H3/t24-,25-,26+,29-,30+,32-,33-,36+,40-/m1/s1. The molecule has 1 saturated heterocycles. The monoisotopic (exact) mass is 789 g/mol. The molecule has 1 fully saturated rings. The van der Waals surface area contributed by atoms with E-state index in [0.717, 1.165) is 0 Å². The second kappa shape index (κ2) is 19.5. The predicted octanol–water partition coefficient (Wildman–Crippen LogP) is 6.22. The zero-order valence-corrected chi connectivity index (χ0v) is 35.3. The van der Waals surface area contributed by atoms with E-state index in [1.165, 1.54) is 4.90 Å². The van der Waals surface area contributed by atoms with E-state index >= 15 is 0 Å². The fourth-order valence-corrected chi connectivity index (χ4v) is 7.29. The van der Waals surface area contributed by atoms with E-state index in [-0.39, 0.29) is 43.1 Å². The lowest BCUT2D eigenvalue weighted by Gasteiger charge is -2.48. The molecule has 1 N–H and O–H groups in total. The maximum atomic E-state index is 13.6. The van der Waals surface area contributed by atoms with Crippen molar-refractivity contribution in [3.05, 3.63) is 57.7 Å². The summed E-state index contributed by atoms with van der Waals surface area (Å²) in [5, 5.41) is 13.9. The van der Waals surface area contributed by atoms with Crippen LogP contribution in [0.5, 0.6) is 0 Å². The average molecular weight is 790 g/mol. The van der Waals surface area contributed by atoms with Gasteiger partial charge in [0, 0.05) is 44.9 Å². The van der Waals surface area contributed by atoms with Gasteiger partial charge >= 0.3 is 18.0 Å². The van der Waals surface area contributed by atoms with Crippen LogP contribution in [0.25, 0.3) is 10.4 Å². The molecule has 1 aromatic carbocycles. The van der Waals surface area contributed by atoms with Gasteiger partial charge in [0.2, 0.25) is 5.79 Å². The van der Waals surface area contributed by atoms with Gasteiger partial charge in [0.05, 0.1) is 47.6 Å². The van der Waals surface area contributed by atoms with Crippen molar-refractivity contribution in [2.75, 3.05) is 40.9 Å². The van der Waals surface area contributed by atoms with Gasteiger partial charge in [-0.05, 0) is 92.1 Å². The van der Waals surface area contributed by atoms with Crippen LogP contribution in [0, 0.1) is 11.8 Å². The second-order valence-electron chi connectivity index (χ2n) is 16.8. The van der Waals surface area contributed by atoms with Crippen molar-refractivity contribution < 1.29 is 52.6 Å². The first-order chi connectivity index (χ1) is 26.1.